The standard InChI is InChI=1S/C44H24N4S/c1-46-42-23-30(17-19-48-42)28-9-7-11-32(21-28)39-25-41-44(37-15-5-3-13-35(37)39)43-36-14-4-2-12-34(36)38(24-40(43)49-41)31-10-6-8-27(20-31)29-16-18-47-33(22-29)26-45/h2-25H. The molecule has 9 rings (SSSR count). The number of benzene rings is 6. The highest BCUT2D eigenvalue weighted by Crippen LogP contribution is 2.47. The second kappa shape index (κ2) is 11.5. The van der Waals surface area contributed by atoms with Crippen LogP contribution in [0.1, 0.15) is 5.69 Å². The zero-order valence-electron chi connectivity index (χ0n) is 26.1. The Labute approximate surface area is 286 Å². The van der Waals surface area contributed by atoms with E-state index in [1.165, 1.54) is 52.8 Å². The molecule has 0 bridgehead atoms. The number of hydrogen-bond donors (Lipinski definition) is 0. The topological polar surface area (TPSA) is 53.9 Å². The molecular weight excluding hydrogens is 617 g/mol. The van der Waals surface area contributed by atoms with Gasteiger partial charge in [0.15, 0.2) is 0 Å². The van der Waals surface area contributed by atoms with Crippen molar-refractivity contribution in [1.82, 2.24) is 9.97 Å². The van der Waals surface area contributed by atoms with Crippen molar-refractivity contribution in [2.45, 2.75) is 0 Å². The monoisotopic (exact) mass is 640 g/mol. The summed E-state index contributed by atoms with van der Waals surface area (Å²) in [5, 5.41) is 16.9. The summed E-state index contributed by atoms with van der Waals surface area (Å²) in [6.45, 7) is 7.42. The maximum atomic E-state index is 9.42. The molecule has 0 spiro atoms. The van der Waals surface area contributed by atoms with Gasteiger partial charge in [-0.15, -0.1) is 16.3 Å². The van der Waals surface area contributed by atoms with E-state index in [4.69, 9.17) is 6.57 Å². The van der Waals surface area contributed by atoms with E-state index in [0.29, 0.717) is 11.5 Å². The van der Waals surface area contributed by atoms with Crippen molar-refractivity contribution in [2.24, 2.45) is 0 Å². The summed E-state index contributed by atoms with van der Waals surface area (Å²) in [5.41, 5.74) is 9.08. The largest absolute Gasteiger partial charge is 0.361 e. The number of fused-ring (bicyclic) bond motifs is 7. The normalized spacial score (nSPS) is 11.2. The Morgan fingerprint density at radius 1 is 0.510 bits per heavy atom. The van der Waals surface area contributed by atoms with E-state index in [-0.39, 0.29) is 0 Å². The van der Waals surface area contributed by atoms with Gasteiger partial charge in [0.2, 0.25) is 0 Å². The number of rotatable bonds is 4. The molecule has 3 aromatic heterocycles. The lowest BCUT2D eigenvalue weighted by Crippen LogP contribution is -1.87. The first-order valence-electron chi connectivity index (χ1n) is 15.9. The van der Waals surface area contributed by atoms with Crippen molar-refractivity contribution in [3.63, 3.8) is 0 Å². The minimum absolute atomic E-state index is 0.392. The first kappa shape index (κ1) is 28.6. The zero-order valence-corrected chi connectivity index (χ0v) is 26.9. The van der Waals surface area contributed by atoms with Crippen LogP contribution in [0, 0.1) is 17.9 Å². The van der Waals surface area contributed by atoms with Crippen LogP contribution in [0.3, 0.4) is 0 Å². The molecule has 0 saturated heterocycles. The fourth-order valence-corrected chi connectivity index (χ4v) is 8.25. The van der Waals surface area contributed by atoms with Crippen LogP contribution in [-0.4, -0.2) is 9.97 Å². The molecule has 0 saturated carbocycles. The number of nitriles is 1. The maximum absolute atomic E-state index is 9.42. The molecule has 226 valence electrons. The minimum atomic E-state index is 0.392. The molecule has 5 heteroatoms. The van der Waals surface area contributed by atoms with E-state index in [1.807, 2.05) is 35.6 Å². The number of pyridine rings is 2. The fourth-order valence-electron chi connectivity index (χ4n) is 7.04. The summed E-state index contributed by atoms with van der Waals surface area (Å²) >= 11 is 1.83. The van der Waals surface area contributed by atoms with Crippen molar-refractivity contribution in [3.05, 3.63) is 163 Å². The molecule has 0 fully saturated rings. The van der Waals surface area contributed by atoms with E-state index < -0.39 is 0 Å². The molecule has 0 aliphatic rings. The van der Waals surface area contributed by atoms with Crippen molar-refractivity contribution in [2.75, 3.05) is 0 Å². The molecular formula is C44H24N4S. The Kier molecular flexibility index (Phi) is 6.73. The van der Waals surface area contributed by atoms with Gasteiger partial charge in [0.25, 0.3) is 5.82 Å². The average molecular weight is 641 g/mol. The zero-order chi connectivity index (χ0) is 32.9. The van der Waals surface area contributed by atoms with Gasteiger partial charge in [0.1, 0.15) is 18.0 Å². The molecule has 49 heavy (non-hydrogen) atoms. The van der Waals surface area contributed by atoms with Crippen LogP contribution in [0.25, 0.3) is 91.1 Å². The van der Waals surface area contributed by atoms with Crippen molar-refractivity contribution in [3.8, 4) is 50.6 Å². The van der Waals surface area contributed by atoms with Crippen LogP contribution < -0.4 is 0 Å². The quantitative estimate of drug-likeness (QED) is 0.180. The average Bonchev–Trinajstić information content (AvgIpc) is 3.56. The summed E-state index contributed by atoms with van der Waals surface area (Å²) in [6.07, 6.45) is 3.39. The van der Waals surface area contributed by atoms with Crippen LogP contribution in [-0.2, 0) is 0 Å². The number of thiophene rings is 1. The van der Waals surface area contributed by atoms with Gasteiger partial charge < -0.3 is 4.85 Å². The Morgan fingerprint density at radius 3 is 1.55 bits per heavy atom. The Hall–Kier alpha value is -6.66. The summed E-state index contributed by atoms with van der Waals surface area (Å²) in [6, 6.07) is 49.0. The molecule has 0 aliphatic carbocycles. The molecule has 4 nitrogen and oxygen atoms in total. The van der Waals surface area contributed by atoms with Gasteiger partial charge in [-0.25, -0.2) is 4.98 Å². The van der Waals surface area contributed by atoms with E-state index in [9.17, 15) is 5.26 Å². The molecule has 0 atom stereocenters. The molecule has 3 heterocycles. The molecule has 6 aromatic carbocycles. The van der Waals surface area contributed by atoms with Crippen LogP contribution in [0.4, 0.5) is 5.82 Å². The minimum Gasteiger partial charge on any atom is -0.361 e. The Balaban J connectivity index is 1.27. The van der Waals surface area contributed by atoms with Crippen molar-refractivity contribution < 1.29 is 0 Å². The van der Waals surface area contributed by atoms with Crippen molar-refractivity contribution >= 4 is 58.9 Å². The number of nitrogens with zero attached hydrogens (tertiary/aromatic N) is 4. The van der Waals surface area contributed by atoms with E-state index in [0.717, 1.165) is 33.4 Å². The first-order chi connectivity index (χ1) is 24.2. The van der Waals surface area contributed by atoms with Gasteiger partial charge in [0, 0.05) is 26.4 Å². The van der Waals surface area contributed by atoms with E-state index >= 15 is 0 Å². The molecule has 0 amide bonds. The van der Waals surface area contributed by atoms with Gasteiger partial charge in [-0.1, -0.05) is 91.5 Å². The predicted octanol–water partition coefficient (Wildman–Crippen LogP) is 12.2. The number of aromatic nitrogens is 2. The lowest BCUT2D eigenvalue weighted by atomic mass is 9.90. The van der Waals surface area contributed by atoms with Gasteiger partial charge in [-0.05, 0) is 115 Å². The third kappa shape index (κ3) is 4.81. The smallest absolute Gasteiger partial charge is 0.270 e. The lowest BCUT2D eigenvalue weighted by molar-refractivity contribution is 1.26. The number of hydrogen-bond acceptors (Lipinski definition) is 4. The predicted molar refractivity (Wildman–Crippen MR) is 203 cm³/mol. The highest BCUT2D eigenvalue weighted by atomic mass is 32.1. The summed E-state index contributed by atoms with van der Waals surface area (Å²) in [4.78, 5) is 11.9. The molecule has 0 unspecified atom stereocenters. The lowest BCUT2D eigenvalue weighted by Gasteiger charge is -2.13. The molecule has 0 radical (unpaired) electrons. The van der Waals surface area contributed by atoms with E-state index in [2.05, 4.69) is 130 Å². The van der Waals surface area contributed by atoms with Gasteiger partial charge in [-0.3, -0.25) is 0 Å². The summed E-state index contributed by atoms with van der Waals surface area (Å²) in [5.74, 6) is 0.392. The van der Waals surface area contributed by atoms with Gasteiger partial charge in [-0.2, -0.15) is 5.26 Å². The summed E-state index contributed by atoms with van der Waals surface area (Å²) in [7, 11) is 0. The Morgan fingerprint density at radius 2 is 1.00 bits per heavy atom. The SMILES string of the molecule is [C-]#[N+]c1cc(-c2cccc(-c3cc4sc5cc(-c6cccc(-c7ccnc(C#N)c7)c6)c6ccccc6c5c4c4ccccc34)c2)ccn1. The van der Waals surface area contributed by atoms with Crippen LogP contribution in [0.2, 0.25) is 0 Å². The third-order valence-corrected chi connectivity index (χ3v) is 10.3. The van der Waals surface area contributed by atoms with Crippen LogP contribution in [0.15, 0.2) is 146 Å². The van der Waals surface area contributed by atoms with Crippen LogP contribution >= 0.6 is 11.3 Å². The van der Waals surface area contributed by atoms with E-state index in [1.54, 1.807) is 12.4 Å². The third-order valence-electron chi connectivity index (χ3n) is 9.24. The second-order valence-electron chi connectivity index (χ2n) is 12.0. The highest BCUT2D eigenvalue weighted by Gasteiger charge is 2.18. The fraction of sp³-hybridized carbons (Fsp3) is 0. The second-order valence-corrected chi connectivity index (χ2v) is 13.1. The maximum Gasteiger partial charge on any atom is 0.270 e. The first-order valence-corrected chi connectivity index (χ1v) is 16.7. The van der Waals surface area contributed by atoms with Gasteiger partial charge >= 0.3 is 0 Å². The molecule has 0 N–H and O–H groups in total. The Bertz CT molecular complexity index is 2680. The van der Waals surface area contributed by atoms with Gasteiger partial charge in [0.05, 0.1) is 0 Å². The summed E-state index contributed by atoms with van der Waals surface area (Å²) < 4.78 is 2.48. The highest BCUT2D eigenvalue weighted by molar-refractivity contribution is 7.26. The molecule has 0 aliphatic heterocycles. The van der Waals surface area contributed by atoms with Crippen LogP contribution in [0.5, 0.6) is 0 Å². The molecule has 9 aromatic rings. The van der Waals surface area contributed by atoms with Crippen molar-refractivity contribution in [1.29, 1.82) is 5.26 Å².